The number of carboxylic acids is 2. The van der Waals surface area contributed by atoms with E-state index in [1.807, 2.05) is 0 Å². The number of likely N-dealkylation sites (N-methyl/N-ethyl adjacent to an activating group) is 1. The van der Waals surface area contributed by atoms with Crippen molar-refractivity contribution in [1.82, 2.24) is 15.3 Å². The summed E-state index contributed by atoms with van der Waals surface area (Å²) >= 11 is 1.18. The maximum absolute atomic E-state index is 10.8. The second kappa shape index (κ2) is 7.12. The van der Waals surface area contributed by atoms with E-state index in [1.54, 1.807) is 7.05 Å². The van der Waals surface area contributed by atoms with Gasteiger partial charge in [-0.2, -0.15) is 0 Å². The largest absolute Gasteiger partial charge is 0.480 e. The number of aromatic nitrogens is 2. The Morgan fingerprint density at radius 3 is 2.74 bits per heavy atom. The highest BCUT2D eigenvalue weighted by Gasteiger charge is 2.17. The van der Waals surface area contributed by atoms with Gasteiger partial charge in [-0.05, 0) is 7.05 Å². The standard InChI is InChI=1S/C10H16N4O4S/c1-12-7(9(17)18)2-5-3-13-10(14-5)19-4-6(11)8(15)16/h3,6-7,12H,2,4,11H2,1H3,(H,13,14)(H,15,16)(H,17,18)/t6?,7-/m0/s1. The molecule has 0 fully saturated rings. The van der Waals surface area contributed by atoms with Gasteiger partial charge in [0.2, 0.25) is 0 Å². The first kappa shape index (κ1) is 15.5. The molecule has 1 heterocycles. The summed E-state index contributed by atoms with van der Waals surface area (Å²) in [6.45, 7) is 0. The van der Waals surface area contributed by atoms with Crippen molar-refractivity contribution in [2.24, 2.45) is 5.73 Å². The van der Waals surface area contributed by atoms with Crippen LogP contribution in [0, 0.1) is 0 Å². The molecule has 0 radical (unpaired) electrons. The molecule has 0 aromatic carbocycles. The van der Waals surface area contributed by atoms with E-state index in [0.29, 0.717) is 10.9 Å². The third-order valence-electron chi connectivity index (χ3n) is 2.39. The van der Waals surface area contributed by atoms with Gasteiger partial charge in [0.05, 0.1) is 0 Å². The number of hydrogen-bond acceptors (Lipinski definition) is 6. The van der Waals surface area contributed by atoms with Crippen LogP contribution in [0.2, 0.25) is 0 Å². The van der Waals surface area contributed by atoms with E-state index in [2.05, 4.69) is 15.3 Å². The third kappa shape index (κ3) is 4.89. The van der Waals surface area contributed by atoms with Gasteiger partial charge in [-0.3, -0.25) is 9.59 Å². The van der Waals surface area contributed by atoms with Crippen molar-refractivity contribution in [3.63, 3.8) is 0 Å². The molecule has 0 amide bonds. The normalized spacial score (nSPS) is 14.0. The van der Waals surface area contributed by atoms with Crippen LogP contribution in [0.15, 0.2) is 11.4 Å². The van der Waals surface area contributed by atoms with Gasteiger partial charge in [-0.1, -0.05) is 11.8 Å². The minimum atomic E-state index is -1.07. The van der Waals surface area contributed by atoms with E-state index in [4.69, 9.17) is 15.9 Å². The summed E-state index contributed by atoms with van der Waals surface area (Å²) in [7, 11) is 1.57. The Bertz CT molecular complexity index is 450. The van der Waals surface area contributed by atoms with Crippen LogP contribution in [0.5, 0.6) is 0 Å². The van der Waals surface area contributed by atoms with Gasteiger partial charge in [0.15, 0.2) is 5.16 Å². The van der Waals surface area contributed by atoms with Gasteiger partial charge in [0.1, 0.15) is 12.1 Å². The van der Waals surface area contributed by atoms with E-state index in [9.17, 15) is 9.59 Å². The maximum atomic E-state index is 10.8. The molecule has 0 bridgehead atoms. The summed E-state index contributed by atoms with van der Waals surface area (Å²) in [5, 5.41) is 20.7. The molecule has 0 aliphatic heterocycles. The van der Waals surface area contributed by atoms with Crippen LogP contribution < -0.4 is 11.1 Å². The Morgan fingerprint density at radius 1 is 1.53 bits per heavy atom. The lowest BCUT2D eigenvalue weighted by Gasteiger charge is -2.08. The first-order valence-electron chi connectivity index (χ1n) is 5.49. The zero-order valence-electron chi connectivity index (χ0n) is 10.3. The van der Waals surface area contributed by atoms with Crippen molar-refractivity contribution < 1.29 is 19.8 Å². The van der Waals surface area contributed by atoms with Gasteiger partial charge in [-0.15, -0.1) is 0 Å². The second-order valence-electron chi connectivity index (χ2n) is 3.85. The van der Waals surface area contributed by atoms with Crippen molar-refractivity contribution in [3.8, 4) is 0 Å². The predicted octanol–water partition coefficient (Wildman–Crippen LogP) is -0.871. The second-order valence-corrected chi connectivity index (χ2v) is 4.86. The molecule has 1 aromatic heterocycles. The number of rotatable bonds is 8. The molecule has 2 atom stereocenters. The monoisotopic (exact) mass is 288 g/mol. The number of H-pyrrole nitrogens is 1. The average molecular weight is 288 g/mol. The summed E-state index contributed by atoms with van der Waals surface area (Å²) in [6.07, 6.45) is 1.80. The molecule has 0 aliphatic rings. The molecule has 0 spiro atoms. The van der Waals surface area contributed by atoms with Crippen LogP contribution >= 0.6 is 11.8 Å². The van der Waals surface area contributed by atoms with Crippen LogP contribution in [0.4, 0.5) is 0 Å². The van der Waals surface area contributed by atoms with Gasteiger partial charge in [-0.25, -0.2) is 4.98 Å². The van der Waals surface area contributed by atoms with Gasteiger partial charge < -0.3 is 26.2 Å². The van der Waals surface area contributed by atoms with Crippen LogP contribution in [0.1, 0.15) is 5.69 Å². The number of nitrogens with two attached hydrogens (primary N) is 1. The summed E-state index contributed by atoms with van der Waals surface area (Å²) in [4.78, 5) is 28.3. The van der Waals surface area contributed by atoms with Gasteiger partial charge in [0, 0.05) is 24.1 Å². The number of nitrogens with zero attached hydrogens (tertiary/aromatic N) is 1. The molecule has 1 aromatic rings. The number of nitrogens with one attached hydrogen (secondary N) is 2. The van der Waals surface area contributed by atoms with Crippen molar-refractivity contribution in [3.05, 3.63) is 11.9 Å². The van der Waals surface area contributed by atoms with Crippen LogP contribution in [0.3, 0.4) is 0 Å². The predicted molar refractivity (Wildman–Crippen MR) is 69.1 cm³/mol. The number of aliphatic carboxylic acids is 2. The number of imidazole rings is 1. The molecular formula is C10H16N4O4S. The molecule has 1 unspecified atom stereocenters. The highest BCUT2D eigenvalue weighted by atomic mass is 32.2. The summed E-state index contributed by atoms with van der Waals surface area (Å²) in [5.41, 5.74) is 6.02. The molecular weight excluding hydrogens is 272 g/mol. The molecule has 0 saturated heterocycles. The molecule has 19 heavy (non-hydrogen) atoms. The topological polar surface area (TPSA) is 141 Å². The summed E-state index contributed by atoms with van der Waals surface area (Å²) in [6, 6.07) is -1.65. The lowest BCUT2D eigenvalue weighted by Crippen LogP contribution is -2.35. The van der Waals surface area contributed by atoms with Gasteiger partial charge in [0.25, 0.3) is 0 Å². The molecule has 6 N–H and O–H groups in total. The van der Waals surface area contributed by atoms with E-state index in [-0.39, 0.29) is 12.2 Å². The van der Waals surface area contributed by atoms with Crippen molar-refractivity contribution in [1.29, 1.82) is 0 Å². The summed E-state index contributed by atoms with van der Waals surface area (Å²) < 4.78 is 0. The Labute approximate surface area is 113 Å². The van der Waals surface area contributed by atoms with E-state index in [0.717, 1.165) is 0 Å². The lowest BCUT2D eigenvalue weighted by atomic mass is 10.2. The zero-order chi connectivity index (χ0) is 14.4. The molecule has 106 valence electrons. The Balaban J connectivity index is 2.52. The van der Waals surface area contributed by atoms with Crippen molar-refractivity contribution >= 4 is 23.7 Å². The molecule has 9 heteroatoms. The minimum absolute atomic E-state index is 0.191. The maximum Gasteiger partial charge on any atom is 0.321 e. The Kier molecular flexibility index (Phi) is 5.80. The minimum Gasteiger partial charge on any atom is -0.480 e. The Morgan fingerprint density at radius 2 is 2.21 bits per heavy atom. The van der Waals surface area contributed by atoms with Crippen LogP contribution in [-0.4, -0.2) is 57.0 Å². The fraction of sp³-hybridized carbons (Fsp3) is 0.500. The number of thioether (sulfide) groups is 1. The smallest absolute Gasteiger partial charge is 0.321 e. The zero-order valence-corrected chi connectivity index (χ0v) is 11.1. The molecule has 1 rings (SSSR count). The molecule has 0 aliphatic carbocycles. The third-order valence-corrected chi connectivity index (χ3v) is 3.40. The SMILES string of the molecule is CN[C@@H](Cc1cnc(SCC(N)C(=O)O)[nH]1)C(=O)O. The molecule has 0 saturated carbocycles. The lowest BCUT2D eigenvalue weighted by molar-refractivity contribution is -0.139. The van der Waals surface area contributed by atoms with Gasteiger partial charge >= 0.3 is 11.9 Å². The molecule has 8 nitrogen and oxygen atoms in total. The fourth-order valence-corrected chi connectivity index (χ4v) is 2.10. The number of aromatic amines is 1. The first-order chi connectivity index (χ1) is 8.93. The number of carbonyl (C=O) groups is 2. The Hall–Kier alpha value is -1.58. The van der Waals surface area contributed by atoms with Crippen LogP contribution in [0.25, 0.3) is 0 Å². The number of carboxylic acid groups (broad SMARTS) is 2. The van der Waals surface area contributed by atoms with E-state index < -0.39 is 24.0 Å². The van der Waals surface area contributed by atoms with E-state index >= 15 is 0 Å². The number of hydrogen-bond donors (Lipinski definition) is 5. The van der Waals surface area contributed by atoms with E-state index in [1.165, 1.54) is 18.0 Å². The first-order valence-corrected chi connectivity index (χ1v) is 6.47. The van der Waals surface area contributed by atoms with Crippen molar-refractivity contribution in [2.45, 2.75) is 23.7 Å². The highest BCUT2D eigenvalue weighted by molar-refractivity contribution is 7.99. The highest BCUT2D eigenvalue weighted by Crippen LogP contribution is 2.15. The quantitative estimate of drug-likeness (QED) is 0.389. The van der Waals surface area contributed by atoms with Crippen molar-refractivity contribution in [2.75, 3.05) is 12.8 Å². The fourth-order valence-electron chi connectivity index (χ4n) is 1.29. The van der Waals surface area contributed by atoms with Crippen LogP contribution in [-0.2, 0) is 16.0 Å². The average Bonchev–Trinajstić information content (AvgIpc) is 2.80. The summed E-state index contributed by atoms with van der Waals surface area (Å²) in [5.74, 6) is -1.82.